The fraction of sp³-hybridized carbons (Fsp3) is 0.400. The van der Waals surface area contributed by atoms with Crippen LogP contribution < -0.4 is 0 Å². The van der Waals surface area contributed by atoms with Crippen LogP contribution >= 0.6 is 0 Å². The van der Waals surface area contributed by atoms with Gasteiger partial charge < -0.3 is 4.90 Å². The van der Waals surface area contributed by atoms with E-state index < -0.39 is 0 Å². The Balaban J connectivity index is 1.95. The van der Waals surface area contributed by atoms with Crippen molar-refractivity contribution in [1.82, 2.24) is 4.90 Å². The molecular weight excluding hydrogens is 229 g/mol. The number of fused-ring (bicyclic) bond motifs is 1. The van der Waals surface area contributed by atoms with Crippen LogP contribution in [0, 0.1) is 5.82 Å². The second kappa shape index (κ2) is 4.56. The Bertz CT molecular complexity index is 497. The Labute approximate surface area is 106 Å². The average molecular weight is 245 g/mol. The maximum Gasteiger partial charge on any atom is 0.227 e. The third-order valence-corrected chi connectivity index (χ3v) is 3.84. The smallest absolute Gasteiger partial charge is 0.227 e. The molecule has 3 rings (SSSR count). The predicted molar refractivity (Wildman–Crippen MR) is 67.4 cm³/mol. The van der Waals surface area contributed by atoms with Crippen LogP contribution in [-0.4, -0.2) is 16.8 Å². The number of halogens is 1. The highest BCUT2D eigenvalue weighted by molar-refractivity contribution is 5.80. The van der Waals surface area contributed by atoms with Gasteiger partial charge in [-0.15, -0.1) is 0 Å². The Kier molecular flexibility index (Phi) is 2.90. The number of benzene rings is 1. The summed E-state index contributed by atoms with van der Waals surface area (Å²) in [5, 5.41) is 0. The SMILES string of the molecule is O=C1CC=C[C@@H]2CCC[C@H](c3cccc(F)c3)N12. The van der Waals surface area contributed by atoms with Crippen molar-refractivity contribution in [2.24, 2.45) is 0 Å². The van der Waals surface area contributed by atoms with Crippen molar-refractivity contribution in [3.63, 3.8) is 0 Å². The Morgan fingerprint density at radius 2 is 2.17 bits per heavy atom. The number of piperidine rings is 1. The van der Waals surface area contributed by atoms with Crippen LogP contribution in [0.3, 0.4) is 0 Å². The summed E-state index contributed by atoms with van der Waals surface area (Å²) in [6.45, 7) is 0. The highest BCUT2D eigenvalue weighted by Crippen LogP contribution is 2.37. The van der Waals surface area contributed by atoms with Crippen LogP contribution in [-0.2, 0) is 4.79 Å². The van der Waals surface area contributed by atoms with Crippen molar-refractivity contribution in [1.29, 1.82) is 0 Å². The molecule has 18 heavy (non-hydrogen) atoms. The van der Waals surface area contributed by atoms with Crippen molar-refractivity contribution in [2.75, 3.05) is 0 Å². The highest BCUT2D eigenvalue weighted by atomic mass is 19.1. The zero-order valence-electron chi connectivity index (χ0n) is 10.2. The number of nitrogens with zero attached hydrogens (tertiary/aromatic N) is 1. The molecule has 0 saturated carbocycles. The minimum Gasteiger partial charge on any atom is -0.329 e. The zero-order valence-corrected chi connectivity index (χ0v) is 10.2. The number of hydrogen-bond acceptors (Lipinski definition) is 1. The number of rotatable bonds is 1. The van der Waals surface area contributed by atoms with Gasteiger partial charge in [-0.05, 0) is 37.0 Å². The van der Waals surface area contributed by atoms with E-state index in [1.54, 1.807) is 12.1 Å². The lowest BCUT2D eigenvalue weighted by Gasteiger charge is -2.43. The molecule has 0 N–H and O–H groups in total. The minimum atomic E-state index is -0.227. The molecule has 0 aliphatic carbocycles. The molecule has 1 aromatic carbocycles. The zero-order chi connectivity index (χ0) is 12.5. The summed E-state index contributed by atoms with van der Waals surface area (Å²) >= 11 is 0. The first-order valence-corrected chi connectivity index (χ1v) is 6.49. The van der Waals surface area contributed by atoms with Crippen LogP contribution in [0.2, 0.25) is 0 Å². The van der Waals surface area contributed by atoms with Crippen molar-refractivity contribution in [3.05, 3.63) is 47.8 Å². The molecule has 0 bridgehead atoms. The summed E-state index contributed by atoms with van der Waals surface area (Å²) < 4.78 is 13.3. The van der Waals surface area contributed by atoms with Gasteiger partial charge in [0.05, 0.1) is 12.1 Å². The van der Waals surface area contributed by atoms with E-state index in [0.29, 0.717) is 6.42 Å². The molecule has 2 aliphatic rings. The first-order valence-electron chi connectivity index (χ1n) is 6.49. The summed E-state index contributed by atoms with van der Waals surface area (Å²) in [5.74, 6) is -0.0638. The first kappa shape index (κ1) is 11.5. The number of carbonyl (C=O) groups excluding carboxylic acids is 1. The summed E-state index contributed by atoms with van der Waals surface area (Å²) in [7, 11) is 0. The molecule has 0 radical (unpaired) electrons. The maximum absolute atomic E-state index is 13.3. The van der Waals surface area contributed by atoms with E-state index in [9.17, 15) is 9.18 Å². The van der Waals surface area contributed by atoms with Crippen molar-refractivity contribution < 1.29 is 9.18 Å². The van der Waals surface area contributed by atoms with Gasteiger partial charge in [0.1, 0.15) is 5.82 Å². The Morgan fingerprint density at radius 3 is 3.00 bits per heavy atom. The molecule has 94 valence electrons. The quantitative estimate of drug-likeness (QED) is 0.696. The van der Waals surface area contributed by atoms with E-state index in [1.165, 1.54) is 6.07 Å². The molecule has 1 amide bonds. The fourth-order valence-electron chi connectivity index (χ4n) is 3.05. The van der Waals surface area contributed by atoms with E-state index in [0.717, 1.165) is 24.8 Å². The van der Waals surface area contributed by atoms with Gasteiger partial charge in [-0.2, -0.15) is 0 Å². The van der Waals surface area contributed by atoms with Gasteiger partial charge in [0.25, 0.3) is 0 Å². The summed E-state index contributed by atoms with van der Waals surface area (Å²) in [4.78, 5) is 14.0. The van der Waals surface area contributed by atoms with Gasteiger partial charge in [0.2, 0.25) is 5.91 Å². The standard InChI is InChI=1S/C15H16FNO/c16-12-5-1-4-11(10-12)14-8-2-6-13-7-3-9-15(18)17(13)14/h1,3-5,7,10,13-14H,2,6,8-9H2/t13-,14+/m0/s1. The molecular formula is C15H16FNO. The maximum atomic E-state index is 13.3. The third kappa shape index (κ3) is 1.94. The molecule has 0 aromatic heterocycles. The van der Waals surface area contributed by atoms with Crippen molar-refractivity contribution >= 4 is 5.91 Å². The fourth-order valence-corrected chi connectivity index (χ4v) is 3.05. The molecule has 2 atom stereocenters. The lowest BCUT2D eigenvalue weighted by molar-refractivity contribution is -0.137. The molecule has 3 heteroatoms. The Morgan fingerprint density at radius 1 is 1.28 bits per heavy atom. The Hall–Kier alpha value is -1.64. The van der Waals surface area contributed by atoms with E-state index in [1.807, 2.05) is 17.0 Å². The second-order valence-corrected chi connectivity index (χ2v) is 5.00. The van der Waals surface area contributed by atoms with Crippen LogP contribution in [0.25, 0.3) is 0 Å². The molecule has 0 unspecified atom stereocenters. The topological polar surface area (TPSA) is 20.3 Å². The third-order valence-electron chi connectivity index (χ3n) is 3.84. The second-order valence-electron chi connectivity index (χ2n) is 5.00. The molecule has 2 aliphatic heterocycles. The molecule has 1 aromatic rings. The van der Waals surface area contributed by atoms with Crippen molar-refractivity contribution in [2.45, 2.75) is 37.8 Å². The number of carbonyl (C=O) groups is 1. The van der Waals surface area contributed by atoms with Gasteiger partial charge in [0.15, 0.2) is 0 Å². The van der Waals surface area contributed by atoms with E-state index >= 15 is 0 Å². The molecule has 2 nitrogen and oxygen atoms in total. The largest absolute Gasteiger partial charge is 0.329 e. The first-order chi connectivity index (χ1) is 8.75. The summed E-state index contributed by atoms with van der Waals surface area (Å²) in [6, 6.07) is 6.88. The lowest BCUT2D eigenvalue weighted by atomic mass is 9.88. The van der Waals surface area contributed by atoms with Gasteiger partial charge in [-0.3, -0.25) is 4.79 Å². The van der Waals surface area contributed by atoms with Crippen LogP contribution in [0.15, 0.2) is 36.4 Å². The van der Waals surface area contributed by atoms with Gasteiger partial charge in [-0.25, -0.2) is 4.39 Å². The predicted octanol–water partition coefficient (Wildman–Crippen LogP) is 3.21. The summed E-state index contributed by atoms with van der Waals surface area (Å²) in [5.41, 5.74) is 0.920. The molecule has 2 heterocycles. The van der Waals surface area contributed by atoms with Crippen LogP contribution in [0.4, 0.5) is 4.39 Å². The molecule has 0 spiro atoms. The van der Waals surface area contributed by atoms with E-state index in [-0.39, 0.29) is 23.8 Å². The number of amides is 1. The lowest BCUT2D eigenvalue weighted by Crippen LogP contribution is -2.46. The summed E-state index contributed by atoms with van der Waals surface area (Å²) in [6.07, 6.45) is 7.58. The van der Waals surface area contributed by atoms with E-state index in [2.05, 4.69) is 6.08 Å². The van der Waals surface area contributed by atoms with Crippen molar-refractivity contribution in [3.8, 4) is 0 Å². The molecule has 1 fully saturated rings. The average Bonchev–Trinajstić information content (AvgIpc) is 2.38. The number of hydrogen-bond donors (Lipinski definition) is 0. The minimum absolute atomic E-state index is 0.0388. The van der Waals surface area contributed by atoms with Crippen LogP contribution in [0.5, 0.6) is 0 Å². The monoisotopic (exact) mass is 245 g/mol. The molecule has 1 saturated heterocycles. The van der Waals surface area contributed by atoms with Gasteiger partial charge in [-0.1, -0.05) is 24.3 Å². The van der Waals surface area contributed by atoms with E-state index in [4.69, 9.17) is 0 Å². The highest BCUT2D eigenvalue weighted by Gasteiger charge is 2.34. The van der Waals surface area contributed by atoms with Gasteiger partial charge >= 0.3 is 0 Å². The van der Waals surface area contributed by atoms with Gasteiger partial charge in [0, 0.05) is 6.42 Å². The van der Waals surface area contributed by atoms with Crippen LogP contribution in [0.1, 0.15) is 37.3 Å². The normalized spacial score (nSPS) is 27.2.